The van der Waals surface area contributed by atoms with Crippen molar-refractivity contribution in [1.29, 1.82) is 0 Å². The topological polar surface area (TPSA) is 48.2 Å². The Bertz CT molecular complexity index is 150. The van der Waals surface area contributed by atoms with Gasteiger partial charge in [0.2, 0.25) is 12.3 Å². The molecule has 0 saturated heterocycles. The largest absolute Gasteiger partial charge is 0.428 e. The average Bonchev–Trinajstić information content (AvgIpc) is 2.34. The molecule has 0 bridgehead atoms. The standard InChI is InChI=1S/C5H7N2O2/c1-8-3-2-5-7-6-4-9-5/h4H,1-3H2. The van der Waals surface area contributed by atoms with Gasteiger partial charge in [-0.15, -0.1) is 10.2 Å². The summed E-state index contributed by atoms with van der Waals surface area (Å²) in [5.41, 5.74) is 0. The summed E-state index contributed by atoms with van der Waals surface area (Å²) in [6.45, 7) is 0.516. The van der Waals surface area contributed by atoms with E-state index in [0.29, 0.717) is 18.9 Å². The van der Waals surface area contributed by atoms with E-state index in [1.807, 2.05) is 0 Å². The number of ether oxygens (including phenoxy) is 1. The Balaban J connectivity index is 2.30. The van der Waals surface area contributed by atoms with Crippen molar-refractivity contribution in [2.24, 2.45) is 0 Å². The van der Waals surface area contributed by atoms with Crippen LogP contribution < -0.4 is 0 Å². The molecule has 0 aliphatic carbocycles. The molecule has 0 N–H and O–H groups in total. The molecule has 49 valence electrons. The van der Waals surface area contributed by atoms with E-state index in [9.17, 15) is 0 Å². The van der Waals surface area contributed by atoms with Crippen LogP contribution in [-0.4, -0.2) is 16.8 Å². The molecule has 0 saturated carbocycles. The normalized spacial score (nSPS) is 9.89. The third-order valence-corrected chi connectivity index (χ3v) is 0.865. The van der Waals surface area contributed by atoms with Gasteiger partial charge in [0, 0.05) is 6.42 Å². The van der Waals surface area contributed by atoms with Gasteiger partial charge in [0.25, 0.3) is 0 Å². The number of rotatable bonds is 3. The second kappa shape index (κ2) is 3.19. The fourth-order valence-electron chi connectivity index (χ4n) is 0.464. The van der Waals surface area contributed by atoms with E-state index in [2.05, 4.69) is 22.0 Å². The molecular formula is C5H7N2O2. The lowest BCUT2D eigenvalue weighted by Crippen LogP contribution is -1.92. The molecule has 0 atom stereocenters. The van der Waals surface area contributed by atoms with E-state index in [1.54, 1.807) is 0 Å². The Morgan fingerprint density at radius 1 is 1.78 bits per heavy atom. The van der Waals surface area contributed by atoms with Crippen LogP contribution in [0.2, 0.25) is 0 Å². The second-order valence-electron chi connectivity index (χ2n) is 1.49. The molecule has 0 fully saturated rings. The van der Waals surface area contributed by atoms with Crippen LogP contribution in [0.1, 0.15) is 5.89 Å². The molecule has 0 aliphatic heterocycles. The lowest BCUT2D eigenvalue weighted by atomic mass is 10.5. The van der Waals surface area contributed by atoms with E-state index in [-0.39, 0.29) is 0 Å². The molecule has 0 amide bonds. The fourth-order valence-corrected chi connectivity index (χ4v) is 0.464. The van der Waals surface area contributed by atoms with Gasteiger partial charge in [-0.3, -0.25) is 0 Å². The molecule has 0 aliphatic rings. The first-order valence-electron chi connectivity index (χ1n) is 2.55. The van der Waals surface area contributed by atoms with Crippen molar-refractivity contribution in [2.75, 3.05) is 6.61 Å². The molecule has 9 heavy (non-hydrogen) atoms. The molecule has 4 nitrogen and oxygen atoms in total. The van der Waals surface area contributed by atoms with Crippen molar-refractivity contribution in [2.45, 2.75) is 6.42 Å². The van der Waals surface area contributed by atoms with E-state index in [0.717, 1.165) is 0 Å². The van der Waals surface area contributed by atoms with Gasteiger partial charge in [-0.05, 0) is 0 Å². The summed E-state index contributed by atoms with van der Waals surface area (Å²) in [6, 6.07) is 0. The van der Waals surface area contributed by atoms with Gasteiger partial charge in [0.1, 0.15) is 0 Å². The maximum absolute atomic E-state index is 4.81. The highest BCUT2D eigenvalue weighted by atomic mass is 16.5. The fraction of sp³-hybridized carbons (Fsp3) is 0.400. The van der Waals surface area contributed by atoms with Crippen molar-refractivity contribution in [3.63, 3.8) is 0 Å². The SMILES string of the molecule is [CH2]OCCc1nnco1. The van der Waals surface area contributed by atoms with Crippen molar-refractivity contribution < 1.29 is 9.15 Å². The molecule has 4 heteroatoms. The lowest BCUT2D eigenvalue weighted by molar-refractivity contribution is 0.236. The quantitative estimate of drug-likeness (QED) is 0.590. The van der Waals surface area contributed by atoms with E-state index in [1.165, 1.54) is 6.39 Å². The number of hydrogen-bond acceptors (Lipinski definition) is 4. The monoisotopic (exact) mass is 127 g/mol. The summed E-state index contributed by atoms with van der Waals surface area (Å²) in [4.78, 5) is 0. The zero-order valence-electron chi connectivity index (χ0n) is 4.91. The van der Waals surface area contributed by atoms with Gasteiger partial charge < -0.3 is 9.15 Å². The molecule has 0 spiro atoms. The van der Waals surface area contributed by atoms with Crippen molar-refractivity contribution >= 4 is 0 Å². The molecule has 0 unspecified atom stereocenters. The number of hydrogen-bond donors (Lipinski definition) is 0. The van der Waals surface area contributed by atoms with Gasteiger partial charge in [-0.2, -0.15) is 0 Å². The molecule has 1 aromatic heterocycles. The van der Waals surface area contributed by atoms with Gasteiger partial charge in [0.15, 0.2) is 0 Å². The average molecular weight is 127 g/mol. The van der Waals surface area contributed by atoms with Gasteiger partial charge in [-0.1, -0.05) is 0 Å². The summed E-state index contributed by atoms with van der Waals surface area (Å²) < 4.78 is 9.34. The van der Waals surface area contributed by atoms with Crippen molar-refractivity contribution in [3.8, 4) is 0 Å². The van der Waals surface area contributed by atoms with Gasteiger partial charge in [0.05, 0.1) is 13.7 Å². The second-order valence-corrected chi connectivity index (χ2v) is 1.49. The number of aromatic nitrogens is 2. The minimum absolute atomic E-state index is 0.516. The van der Waals surface area contributed by atoms with Crippen LogP contribution in [0.3, 0.4) is 0 Å². The Morgan fingerprint density at radius 2 is 2.67 bits per heavy atom. The van der Waals surface area contributed by atoms with E-state index in [4.69, 9.17) is 4.42 Å². The first-order valence-corrected chi connectivity index (χ1v) is 2.55. The Kier molecular flexibility index (Phi) is 2.21. The molecule has 0 aromatic carbocycles. The maximum Gasteiger partial charge on any atom is 0.218 e. The van der Waals surface area contributed by atoms with Crippen LogP contribution in [0.4, 0.5) is 0 Å². The number of nitrogens with zero attached hydrogens (tertiary/aromatic N) is 2. The van der Waals surface area contributed by atoms with Gasteiger partial charge >= 0.3 is 0 Å². The Labute approximate surface area is 52.8 Å². The predicted octanol–water partition coefficient (Wildman–Crippen LogP) is 0.420. The van der Waals surface area contributed by atoms with Crippen LogP contribution in [0.5, 0.6) is 0 Å². The highest BCUT2D eigenvalue weighted by Crippen LogP contribution is 1.91. The predicted molar refractivity (Wildman–Crippen MR) is 29.3 cm³/mol. The lowest BCUT2D eigenvalue weighted by Gasteiger charge is -1.89. The Morgan fingerprint density at radius 3 is 3.22 bits per heavy atom. The first kappa shape index (κ1) is 6.22. The summed E-state index contributed by atoms with van der Waals surface area (Å²) in [6.07, 6.45) is 1.92. The minimum atomic E-state index is 0.516. The van der Waals surface area contributed by atoms with Crippen LogP contribution in [0.25, 0.3) is 0 Å². The maximum atomic E-state index is 4.81. The van der Waals surface area contributed by atoms with Crippen molar-refractivity contribution in [1.82, 2.24) is 10.2 Å². The van der Waals surface area contributed by atoms with Crippen LogP contribution in [-0.2, 0) is 11.2 Å². The zero-order chi connectivity index (χ0) is 6.53. The Hall–Kier alpha value is -0.900. The smallest absolute Gasteiger partial charge is 0.218 e. The minimum Gasteiger partial charge on any atom is -0.428 e. The van der Waals surface area contributed by atoms with Crippen LogP contribution in [0.15, 0.2) is 10.8 Å². The summed E-state index contributed by atoms with van der Waals surface area (Å²) >= 11 is 0. The first-order chi connectivity index (χ1) is 4.43. The third kappa shape index (κ3) is 1.81. The zero-order valence-corrected chi connectivity index (χ0v) is 4.91. The molecule has 1 heterocycles. The summed E-state index contributed by atoms with van der Waals surface area (Å²) in [7, 11) is 3.20. The van der Waals surface area contributed by atoms with Crippen LogP contribution >= 0.6 is 0 Å². The van der Waals surface area contributed by atoms with E-state index >= 15 is 0 Å². The summed E-state index contributed by atoms with van der Waals surface area (Å²) in [5, 5.41) is 7.11. The van der Waals surface area contributed by atoms with Gasteiger partial charge in [-0.25, -0.2) is 0 Å². The van der Waals surface area contributed by atoms with Crippen molar-refractivity contribution in [3.05, 3.63) is 19.4 Å². The highest BCUT2D eigenvalue weighted by molar-refractivity contribution is 4.71. The molecular weight excluding hydrogens is 120 g/mol. The van der Waals surface area contributed by atoms with E-state index < -0.39 is 0 Å². The molecule has 1 radical (unpaired) electrons. The molecule has 1 aromatic rings. The van der Waals surface area contributed by atoms with Crippen LogP contribution in [0, 0.1) is 7.11 Å². The summed E-state index contributed by atoms with van der Waals surface area (Å²) in [5.74, 6) is 0.582. The molecule has 1 rings (SSSR count). The third-order valence-electron chi connectivity index (χ3n) is 0.865. The highest BCUT2D eigenvalue weighted by Gasteiger charge is 1.95.